The highest BCUT2D eigenvalue weighted by Crippen LogP contribution is 2.34. The number of alkyl halides is 1. The Morgan fingerprint density at radius 2 is 1.70 bits per heavy atom. The summed E-state index contributed by atoms with van der Waals surface area (Å²) in [5.74, 6) is 0.738. The van der Waals surface area contributed by atoms with E-state index in [9.17, 15) is 9.90 Å². The van der Waals surface area contributed by atoms with Gasteiger partial charge in [0.15, 0.2) is 17.3 Å². The molecule has 0 aliphatic heterocycles. The van der Waals surface area contributed by atoms with Crippen molar-refractivity contribution in [1.82, 2.24) is 0 Å². The predicted octanol–water partition coefficient (Wildman–Crippen LogP) is 3.94. The molecule has 5 heteroatoms. The standard InChI is InChI=1S/C15H21BrO4/c1-19-14-9-11(13(18)10-15(14)20-2)12(17)7-5-3-4-6-8-16/h9-10,18H,3-8H2,1-2H3. The summed E-state index contributed by atoms with van der Waals surface area (Å²) in [6.07, 6.45) is 4.52. The van der Waals surface area contributed by atoms with E-state index in [1.54, 1.807) is 0 Å². The van der Waals surface area contributed by atoms with Crippen LogP contribution >= 0.6 is 15.9 Å². The minimum Gasteiger partial charge on any atom is -0.507 e. The average molecular weight is 345 g/mol. The lowest BCUT2D eigenvalue weighted by Crippen LogP contribution is -2.01. The highest BCUT2D eigenvalue weighted by Gasteiger charge is 2.16. The number of unbranched alkanes of at least 4 members (excludes halogenated alkanes) is 3. The molecule has 0 aliphatic carbocycles. The molecule has 0 bridgehead atoms. The maximum atomic E-state index is 12.1. The van der Waals surface area contributed by atoms with Crippen LogP contribution in [-0.2, 0) is 0 Å². The SMILES string of the molecule is COc1cc(O)c(C(=O)CCCCCCBr)cc1OC. The summed E-state index contributed by atoms with van der Waals surface area (Å²) >= 11 is 3.38. The maximum Gasteiger partial charge on any atom is 0.166 e. The van der Waals surface area contributed by atoms with Crippen molar-refractivity contribution in [2.45, 2.75) is 32.1 Å². The Kier molecular flexibility index (Phi) is 7.44. The third-order valence-corrected chi connectivity index (χ3v) is 3.65. The Hall–Kier alpha value is -1.23. The van der Waals surface area contributed by atoms with E-state index >= 15 is 0 Å². The average Bonchev–Trinajstić information content (AvgIpc) is 2.46. The van der Waals surface area contributed by atoms with Crippen LogP contribution in [0.25, 0.3) is 0 Å². The van der Waals surface area contributed by atoms with Crippen LogP contribution in [0.15, 0.2) is 12.1 Å². The number of Topliss-reactive ketones (excluding diaryl/α,β-unsaturated/α-hetero) is 1. The number of hydrogen-bond donors (Lipinski definition) is 1. The third-order valence-electron chi connectivity index (χ3n) is 3.09. The van der Waals surface area contributed by atoms with Gasteiger partial charge < -0.3 is 14.6 Å². The second-order valence-corrected chi connectivity index (χ2v) is 5.29. The van der Waals surface area contributed by atoms with Crippen LogP contribution in [0.3, 0.4) is 0 Å². The number of carbonyl (C=O) groups excluding carboxylic acids is 1. The van der Waals surface area contributed by atoms with E-state index in [0.29, 0.717) is 23.5 Å². The van der Waals surface area contributed by atoms with Crippen LogP contribution in [0, 0.1) is 0 Å². The van der Waals surface area contributed by atoms with Gasteiger partial charge in [0.1, 0.15) is 5.75 Å². The van der Waals surface area contributed by atoms with E-state index < -0.39 is 0 Å². The highest BCUT2D eigenvalue weighted by molar-refractivity contribution is 9.09. The van der Waals surface area contributed by atoms with E-state index in [-0.39, 0.29) is 11.5 Å². The zero-order valence-electron chi connectivity index (χ0n) is 11.9. The fourth-order valence-corrected chi connectivity index (χ4v) is 2.36. The molecule has 1 aromatic rings. The number of rotatable bonds is 9. The number of aromatic hydroxyl groups is 1. The van der Waals surface area contributed by atoms with Gasteiger partial charge >= 0.3 is 0 Å². The van der Waals surface area contributed by atoms with Gasteiger partial charge in [0, 0.05) is 17.8 Å². The maximum absolute atomic E-state index is 12.1. The first kappa shape index (κ1) is 16.8. The number of halogens is 1. The number of phenols is 1. The van der Waals surface area contributed by atoms with Crippen LogP contribution in [0.1, 0.15) is 42.5 Å². The van der Waals surface area contributed by atoms with Crippen molar-refractivity contribution in [3.63, 3.8) is 0 Å². The van der Waals surface area contributed by atoms with Gasteiger partial charge in [-0.2, -0.15) is 0 Å². The zero-order valence-corrected chi connectivity index (χ0v) is 13.5. The van der Waals surface area contributed by atoms with Crippen LogP contribution in [0.2, 0.25) is 0 Å². The number of phenolic OH excluding ortho intramolecular Hbond substituents is 1. The molecule has 0 aliphatic rings. The molecule has 1 N–H and O–H groups in total. The van der Waals surface area contributed by atoms with Gasteiger partial charge in [-0.15, -0.1) is 0 Å². The van der Waals surface area contributed by atoms with E-state index in [4.69, 9.17) is 9.47 Å². The van der Waals surface area contributed by atoms with Gasteiger partial charge in [0.2, 0.25) is 0 Å². The van der Waals surface area contributed by atoms with Crippen molar-refractivity contribution >= 4 is 21.7 Å². The molecule has 0 unspecified atom stereocenters. The second kappa shape index (κ2) is 8.84. The molecule has 1 aromatic carbocycles. The molecule has 0 atom stereocenters. The van der Waals surface area contributed by atoms with Crippen molar-refractivity contribution in [3.8, 4) is 17.2 Å². The smallest absolute Gasteiger partial charge is 0.166 e. The lowest BCUT2D eigenvalue weighted by molar-refractivity contribution is 0.0976. The first-order valence-corrected chi connectivity index (χ1v) is 7.80. The van der Waals surface area contributed by atoms with Crippen molar-refractivity contribution in [2.75, 3.05) is 19.5 Å². The van der Waals surface area contributed by atoms with Gasteiger partial charge in [-0.05, 0) is 18.9 Å². The molecule has 0 saturated carbocycles. The Morgan fingerprint density at radius 3 is 2.30 bits per heavy atom. The summed E-state index contributed by atoms with van der Waals surface area (Å²) < 4.78 is 10.2. The number of carbonyl (C=O) groups is 1. The molecule has 0 heterocycles. The Labute approximate surface area is 128 Å². The molecular weight excluding hydrogens is 324 g/mol. The number of ether oxygens (including phenoxy) is 2. The molecule has 0 radical (unpaired) electrons. The van der Waals surface area contributed by atoms with Crippen LogP contribution in [-0.4, -0.2) is 30.4 Å². The van der Waals surface area contributed by atoms with Crippen LogP contribution < -0.4 is 9.47 Å². The quantitative estimate of drug-likeness (QED) is 0.418. The first-order valence-electron chi connectivity index (χ1n) is 6.68. The van der Waals surface area contributed by atoms with Crippen molar-refractivity contribution in [3.05, 3.63) is 17.7 Å². The number of hydrogen-bond acceptors (Lipinski definition) is 4. The van der Waals surface area contributed by atoms with E-state index in [1.165, 1.54) is 26.4 Å². The summed E-state index contributed by atoms with van der Waals surface area (Å²) in [5, 5.41) is 10.9. The molecule has 0 amide bonds. The van der Waals surface area contributed by atoms with Gasteiger partial charge in [-0.25, -0.2) is 0 Å². The van der Waals surface area contributed by atoms with Crippen LogP contribution in [0.4, 0.5) is 0 Å². The third kappa shape index (κ3) is 4.71. The van der Waals surface area contributed by atoms with E-state index in [2.05, 4.69) is 15.9 Å². The predicted molar refractivity (Wildman–Crippen MR) is 82.4 cm³/mol. The number of benzene rings is 1. The van der Waals surface area contributed by atoms with Gasteiger partial charge in [0.25, 0.3) is 0 Å². The number of methoxy groups -OCH3 is 2. The van der Waals surface area contributed by atoms with Crippen molar-refractivity contribution < 1.29 is 19.4 Å². The molecule has 112 valence electrons. The Balaban J connectivity index is 2.68. The number of ketones is 1. The molecule has 0 fully saturated rings. The monoisotopic (exact) mass is 344 g/mol. The van der Waals surface area contributed by atoms with Gasteiger partial charge in [-0.1, -0.05) is 28.8 Å². The topological polar surface area (TPSA) is 55.8 Å². The van der Waals surface area contributed by atoms with Crippen molar-refractivity contribution in [1.29, 1.82) is 0 Å². The largest absolute Gasteiger partial charge is 0.507 e. The summed E-state index contributed by atoms with van der Waals surface area (Å²) in [4.78, 5) is 12.1. The lowest BCUT2D eigenvalue weighted by atomic mass is 10.0. The molecular formula is C15H21BrO4. The summed E-state index contributed by atoms with van der Waals surface area (Å²) in [7, 11) is 2.99. The normalized spacial score (nSPS) is 10.3. The second-order valence-electron chi connectivity index (χ2n) is 4.50. The zero-order chi connectivity index (χ0) is 15.0. The highest BCUT2D eigenvalue weighted by atomic mass is 79.9. The first-order chi connectivity index (χ1) is 9.63. The van der Waals surface area contributed by atoms with Gasteiger partial charge in [-0.3, -0.25) is 4.79 Å². The molecule has 20 heavy (non-hydrogen) atoms. The minimum atomic E-state index is -0.0673. The summed E-state index contributed by atoms with van der Waals surface area (Å²) in [5.41, 5.74) is 0.295. The fraction of sp³-hybridized carbons (Fsp3) is 0.533. The summed E-state index contributed by atoms with van der Waals surface area (Å²) in [6.45, 7) is 0. The minimum absolute atomic E-state index is 0.0619. The fourth-order valence-electron chi connectivity index (χ4n) is 1.96. The molecule has 1 rings (SSSR count). The Bertz CT molecular complexity index is 446. The molecule has 0 aromatic heterocycles. The van der Waals surface area contributed by atoms with E-state index in [0.717, 1.165) is 31.0 Å². The molecule has 0 spiro atoms. The molecule has 0 saturated heterocycles. The Morgan fingerprint density at radius 1 is 1.10 bits per heavy atom. The van der Waals surface area contributed by atoms with E-state index in [1.807, 2.05) is 0 Å². The summed E-state index contributed by atoms with van der Waals surface area (Å²) in [6, 6.07) is 2.95. The van der Waals surface area contributed by atoms with Gasteiger partial charge in [0.05, 0.1) is 19.8 Å². The molecule has 4 nitrogen and oxygen atoms in total. The lowest BCUT2D eigenvalue weighted by Gasteiger charge is -2.11. The van der Waals surface area contributed by atoms with Crippen molar-refractivity contribution in [2.24, 2.45) is 0 Å². The van der Waals surface area contributed by atoms with Crippen LogP contribution in [0.5, 0.6) is 17.2 Å².